The van der Waals surface area contributed by atoms with Crippen molar-refractivity contribution >= 4 is 15.5 Å². The summed E-state index contributed by atoms with van der Waals surface area (Å²) < 4.78 is 24.9. The van der Waals surface area contributed by atoms with E-state index in [9.17, 15) is 8.42 Å². The van der Waals surface area contributed by atoms with Gasteiger partial charge in [-0.15, -0.1) is 0 Å². The average Bonchev–Trinajstić information content (AvgIpc) is 2.29. The fraction of sp³-hybridized carbons (Fsp3) is 0.143. The first-order valence-electron chi connectivity index (χ1n) is 5.59. The van der Waals surface area contributed by atoms with E-state index in [1.54, 1.807) is 31.2 Å². The molecule has 3 nitrogen and oxygen atoms in total. The van der Waals surface area contributed by atoms with Gasteiger partial charge in [0.1, 0.15) is 0 Å². The second-order valence-corrected chi connectivity index (χ2v) is 6.26. The fourth-order valence-corrected chi connectivity index (χ4v) is 3.35. The molecule has 2 aromatic carbocycles. The number of nitrogen functional groups attached to an aromatic ring is 1. The fourth-order valence-electron chi connectivity index (χ4n) is 1.87. The van der Waals surface area contributed by atoms with Crippen molar-refractivity contribution in [2.24, 2.45) is 0 Å². The zero-order valence-corrected chi connectivity index (χ0v) is 11.2. The Balaban J connectivity index is 2.58. The average molecular weight is 261 g/mol. The molecule has 0 heterocycles. The molecule has 0 amide bonds. The van der Waals surface area contributed by atoms with Gasteiger partial charge >= 0.3 is 0 Å². The zero-order chi connectivity index (χ0) is 13.3. The Kier molecular flexibility index (Phi) is 3.13. The van der Waals surface area contributed by atoms with E-state index in [1.807, 2.05) is 13.0 Å². The molecule has 2 rings (SSSR count). The molecule has 2 N–H and O–H groups in total. The monoisotopic (exact) mass is 261 g/mol. The summed E-state index contributed by atoms with van der Waals surface area (Å²) in [5.41, 5.74) is 7.92. The largest absolute Gasteiger partial charge is 0.399 e. The highest BCUT2D eigenvalue weighted by Gasteiger charge is 2.19. The van der Waals surface area contributed by atoms with Gasteiger partial charge in [0.05, 0.1) is 9.79 Å². The van der Waals surface area contributed by atoms with E-state index >= 15 is 0 Å². The second-order valence-electron chi connectivity index (χ2n) is 4.34. The molecule has 4 heteroatoms. The van der Waals surface area contributed by atoms with Crippen LogP contribution in [-0.2, 0) is 9.84 Å². The third-order valence-corrected chi connectivity index (χ3v) is 4.74. The van der Waals surface area contributed by atoms with E-state index in [0.29, 0.717) is 10.6 Å². The van der Waals surface area contributed by atoms with Crippen molar-refractivity contribution in [3.8, 4) is 0 Å². The van der Waals surface area contributed by atoms with Crippen LogP contribution >= 0.6 is 0 Å². The summed E-state index contributed by atoms with van der Waals surface area (Å²) in [6.07, 6.45) is 0. The van der Waals surface area contributed by atoms with Crippen LogP contribution < -0.4 is 5.73 Å². The van der Waals surface area contributed by atoms with Crippen LogP contribution in [0.5, 0.6) is 0 Å². The number of sulfone groups is 1. The number of nitrogens with two attached hydrogens (primary N) is 1. The van der Waals surface area contributed by atoms with Gasteiger partial charge in [0, 0.05) is 5.69 Å². The molecule has 0 saturated carbocycles. The Morgan fingerprint density at radius 1 is 0.944 bits per heavy atom. The number of anilines is 1. The number of benzene rings is 2. The summed E-state index contributed by atoms with van der Waals surface area (Å²) >= 11 is 0. The Morgan fingerprint density at radius 3 is 2.11 bits per heavy atom. The molecule has 18 heavy (non-hydrogen) atoms. The maximum absolute atomic E-state index is 12.4. The molecule has 2 aromatic rings. The molecule has 0 unspecified atom stereocenters. The van der Waals surface area contributed by atoms with Gasteiger partial charge in [-0.05, 0) is 49.7 Å². The van der Waals surface area contributed by atoms with Gasteiger partial charge in [0.25, 0.3) is 0 Å². The highest BCUT2D eigenvalue weighted by molar-refractivity contribution is 7.91. The summed E-state index contributed by atoms with van der Waals surface area (Å²) in [7, 11) is -3.46. The second kappa shape index (κ2) is 4.46. The van der Waals surface area contributed by atoms with E-state index in [-0.39, 0.29) is 4.90 Å². The van der Waals surface area contributed by atoms with Gasteiger partial charge in [-0.25, -0.2) is 8.42 Å². The van der Waals surface area contributed by atoms with E-state index in [0.717, 1.165) is 11.1 Å². The quantitative estimate of drug-likeness (QED) is 0.845. The Hall–Kier alpha value is -1.81. The van der Waals surface area contributed by atoms with Crippen LogP contribution in [0, 0.1) is 13.8 Å². The molecule has 0 bridgehead atoms. The standard InChI is InChI=1S/C14H15NO2S/c1-10-3-8-14(11(2)9-10)18(16,17)13-6-4-12(15)5-7-13/h3-9H,15H2,1-2H3. The molecule has 0 spiro atoms. The zero-order valence-electron chi connectivity index (χ0n) is 10.3. The predicted octanol–water partition coefficient (Wildman–Crippen LogP) is 2.72. The third-order valence-electron chi connectivity index (χ3n) is 2.81. The van der Waals surface area contributed by atoms with E-state index in [4.69, 9.17) is 5.73 Å². The van der Waals surface area contributed by atoms with Crippen molar-refractivity contribution in [3.63, 3.8) is 0 Å². The van der Waals surface area contributed by atoms with Crippen LogP contribution in [0.25, 0.3) is 0 Å². The summed E-state index contributed by atoms with van der Waals surface area (Å²) in [5.74, 6) is 0. The van der Waals surface area contributed by atoms with Crippen molar-refractivity contribution in [2.45, 2.75) is 23.6 Å². The summed E-state index contributed by atoms with van der Waals surface area (Å²) in [6, 6.07) is 11.6. The molecule has 0 radical (unpaired) electrons. The minimum Gasteiger partial charge on any atom is -0.399 e. The van der Waals surface area contributed by atoms with Crippen LogP contribution in [-0.4, -0.2) is 8.42 Å². The van der Waals surface area contributed by atoms with E-state index < -0.39 is 9.84 Å². The van der Waals surface area contributed by atoms with Crippen molar-refractivity contribution in [1.29, 1.82) is 0 Å². The molecule has 0 aliphatic rings. The van der Waals surface area contributed by atoms with Gasteiger partial charge in [-0.1, -0.05) is 17.7 Å². The van der Waals surface area contributed by atoms with Gasteiger partial charge < -0.3 is 5.73 Å². The number of hydrogen-bond donors (Lipinski definition) is 1. The maximum atomic E-state index is 12.4. The lowest BCUT2D eigenvalue weighted by Gasteiger charge is -2.08. The number of aryl methyl sites for hydroxylation is 2. The topological polar surface area (TPSA) is 60.2 Å². The lowest BCUT2D eigenvalue weighted by molar-refractivity contribution is 0.595. The van der Waals surface area contributed by atoms with Gasteiger partial charge in [-0.3, -0.25) is 0 Å². The summed E-state index contributed by atoms with van der Waals surface area (Å²) in [4.78, 5) is 0.613. The van der Waals surface area contributed by atoms with E-state index in [1.165, 1.54) is 12.1 Å². The Labute approximate surface area is 107 Å². The first kappa shape index (κ1) is 12.6. The normalized spacial score (nSPS) is 11.4. The van der Waals surface area contributed by atoms with Crippen LogP contribution in [0.2, 0.25) is 0 Å². The molecule has 0 saturated heterocycles. The summed E-state index contributed by atoms with van der Waals surface area (Å²) in [5, 5.41) is 0. The molecule has 0 aliphatic heterocycles. The molecule has 0 fully saturated rings. The third kappa shape index (κ3) is 2.24. The molecule has 0 aliphatic carbocycles. The highest BCUT2D eigenvalue weighted by atomic mass is 32.2. The van der Waals surface area contributed by atoms with Crippen LogP contribution in [0.1, 0.15) is 11.1 Å². The molecule has 94 valence electrons. The first-order valence-corrected chi connectivity index (χ1v) is 7.07. The minimum atomic E-state index is -3.46. The van der Waals surface area contributed by atoms with Gasteiger partial charge in [-0.2, -0.15) is 0 Å². The van der Waals surface area contributed by atoms with Crippen LogP contribution in [0.15, 0.2) is 52.3 Å². The number of rotatable bonds is 2. The van der Waals surface area contributed by atoms with E-state index in [2.05, 4.69) is 0 Å². The Bertz CT molecular complexity index is 673. The maximum Gasteiger partial charge on any atom is 0.206 e. The highest BCUT2D eigenvalue weighted by Crippen LogP contribution is 2.25. The molecular formula is C14H15NO2S. The number of hydrogen-bond acceptors (Lipinski definition) is 3. The van der Waals surface area contributed by atoms with Crippen molar-refractivity contribution < 1.29 is 8.42 Å². The minimum absolute atomic E-state index is 0.267. The van der Waals surface area contributed by atoms with Gasteiger partial charge in [0.2, 0.25) is 9.84 Å². The SMILES string of the molecule is Cc1ccc(S(=O)(=O)c2ccc(N)cc2)c(C)c1. The van der Waals surface area contributed by atoms with Crippen LogP contribution in [0.4, 0.5) is 5.69 Å². The Morgan fingerprint density at radius 2 is 1.56 bits per heavy atom. The van der Waals surface area contributed by atoms with Crippen molar-refractivity contribution in [1.82, 2.24) is 0 Å². The molecular weight excluding hydrogens is 246 g/mol. The van der Waals surface area contributed by atoms with Crippen molar-refractivity contribution in [2.75, 3.05) is 5.73 Å². The molecule has 0 atom stereocenters. The lowest BCUT2D eigenvalue weighted by atomic mass is 10.2. The smallest absolute Gasteiger partial charge is 0.206 e. The molecule has 0 aromatic heterocycles. The predicted molar refractivity (Wildman–Crippen MR) is 72.2 cm³/mol. The summed E-state index contributed by atoms with van der Waals surface area (Å²) in [6.45, 7) is 3.74. The van der Waals surface area contributed by atoms with Gasteiger partial charge in [0.15, 0.2) is 0 Å². The first-order chi connectivity index (χ1) is 8.41. The van der Waals surface area contributed by atoms with Crippen LogP contribution in [0.3, 0.4) is 0 Å². The van der Waals surface area contributed by atoms with Crippen molar-refractivity contribution in [3.05, 3.63) is 53.6 Å². The lowest BCUT2D eigenvalue weighted by Crippen LogP contribution is -2.04.